The van der Waals surface area contributed by atoms with E-state index in [1.165, 1.54) is 4.68 Å². The van der Waals surface area contributed by atoms with Gasteiger partial charge in [0.15, 0.2) is 11.5 Å². The van der Waals surface area contributed by atoms with Gasteiger partial charge >= 0.3 is 0 Å². The summed E-state index contributed by atoms with van der Waals surface area (Å²) in [7, 11) is 0. The lowest BCUT2D eigenvalue weighted by molar-refractivity contribution is 0.102. The number of hydrogen-bond acceptors (Lipinski definition) is 5. The second-order valence-corrected chi connectivity index (χ2v) is 4.95. The summed E-state index contributed by atoms with van der Waals surface area (Å²) in [6.07, 6.45) is 0. The first-order chi connectivity index (χ1) is 11.7. The predicted molar refractivity (Wildman–Crippen MR) is 91.3 cm³/mol. The van der Waals surface area contributed by atoms with Gasteiger partial charge in [0.25, 0.3) is 5.91 Å². The quantitative estimate of drug-likeness (QED) is 0.752. The van der Waals surface area contributed by atoms with Crippen LogP contribution in [0.1, 0.15) is 17.4 Å². The van der Waals surface area contributed by atoms with Crippen LogP contribution in [0.25, 0.3) is 5.69 Å². The predicted octanol–water partition coefficient (Wildman–Crippen LogP) is 2.50. The first-order valence-corrected chi connectivity index (χ1v) is 7.50. The standard InChI is InChI=1S/C17H17N5O2/c1-2-24-14-11-7-6-10-13(14)19-17(23)15-16(18)22(21-20-15)12-8-4-3-5-9-12/h3-11H,2,18H2,1H3,(H,19,23). The number of nitrogens with one attached hydrogen (secondary N) is 1. The summed E-state index contributed by atoms with van der Waals surface area (Å²) in [6, 6.07) is 16.4. The fraction of sp³-hybridized carbons (Fsp3) is 0.118. The van der Waals surface area contributed by atoms with Crippen LogP contribution in [0.2, 0.25) is 0 Å². The van der Waals surface area contributed by atoms with E-state index in [4.69, 9.17) is 10.5 Å². The van der Waals surface area contributed by atoms with Crippen LogP contribution >= 0.6 is 0 Å². The number of anilines is 2. The Labute approximate surface area is 139 Å². The Kier molecular flexibility index (Phi) is 4.42. The molecular weight excluding hydrogens is 306 g/mol. The first-order valence-electron chi connectivity index (χ1n) is 7.50. The highest BCUT2D eigenvalue weighted by atomic mass is 16.5. The maximum absolute atomic E-state index is 12.5. The van der Waals surface area contributed by atoms with Gasteiger partial charge in [-0.3, -0.25) is 4.79 Å². The third kappa shape index (κ3) is 3.05. The number of carbonyl (C=O) groups is 1. The average Bonchev–Trinajstić information content (AvgIpc) is 2.99. The molecule has 3 N–H and O–H groups in total. The number of benzene rings is 2. The third-order valence-corrected chi connectivity index (χ3v) is 3.36. The molecule has 0 bridgehead atoms. The van der Waals surface area contributed by atoms with Crippen LogP contribution in [0.5, 0.6) is 5.75 Å². The normalized spacial score (nSPS) is 10.4. The van der Waals surface area contributed by atoms with E-state index < -0.39 is 5.91 Å². The van der Waals surface area contributed by atoms with Crippen LogP contribution in [-0.4, -0.2) is 27.5 Å². The molecule has 0 saturated carbocycles. The summed E-state index contributed by atoms with van der Waals surface area (Å²) in [5.74, 6) is 0.316. The molecule has 0 spiro atoms. The Balaban J connectivity index is 1.86. The number of nitrogens with two attached hydrogens (primary N) is 1. The summed E-state index contributed by atoms with van der Waals surface area (Å²) < 4.78 is 6.91. The van der Waals surface area contributed by atoms with Crippen molar-refractivity contribution in [3.05, 3.63) is 60.3 Å². The van der Waals surface area contributed by atoms with Crippen LogP contribution < -0.4 is 15.8 Å². The van der Waals surface area contributed by atoms with E-state index in [0.29, 0.717) is 18.0 Å². The minimum atomic E-state index is -0.443. The Morgan fingerprint density at radius 1 is 1.17 bits per heavy atom. The molecule has 0 aliphatic heterocycles. The molecule has 122 valence electrons. The summed E-state index contributed by atoms with van der Waals surface area (Å²) >= 11 is 0. The SMILES string of the molecule is CCOc1ccccc1NC(=O)c1nnn(-c2ccccc2)c1N. The van der Waals surface area contributed by atoms with Crippen molar-refractivity contribution in [2.45, 2.75) is 6.92 Å². The van der Waals surface area contributed by atoms with Gasteiger partial charge in [-0.1, -0.05) is 35.5 Å². The van der Waals surface area contributed by atoms with Crippen molar-refractivity contribution in [2.75, 3.05) is 17.7 Å². The van der Waals surface area contributed by atoms with Crippen LogP contribution in [-0.2, 0) is 0 Å². The zero-order valence-electron chi connectivity index (χ0n) is 13.1. The van der Waals surface area contributed by atoms with Crippen molar-refractivity contribution < 1.29 is 9.53 Å². The molecule has 1 heterocycles. The number of carbonyl (C=O) groups excluding carboxylic acids is 1. The van der Waals surface area contributed by atoms with Gasteiger partial charge in [0.2, 0.25) is 0 Å². The molecule has 2 aromatic carbocycles. The number of rotatable bonds is 5. The number of ether oxygens (including phenoxy) is 1. The summed E-state index contributed by atoms with van der Waals surface area (Å²) in [4.78, 5) is 12.5. The molecule has 0 saturated heterocycles. The highest BCUT2D eigenvalue weighted by Gasteiger charge is 2.19. The molecule has 0 radical (unpaired) electrons. The van der Waals surface area contributed by atoms with Gasteiger partial charge in [-0.25, -0.2) is 0 Å². The van der Waals surface area contributed by atoms with E-state index in [2.05, 4.69) is 15.6 Å². The zero-order valence-corrected chi connectivity index (χ0v) is 13.1. The Morgan fingerprint density at radius 2 is 1.88 bits per heavy atom. The van der Waals surface area contributed by atoms with Crippen LogP contribution in [0.3, 0.4) is 0 Å². The van der Waals surface area contributed by atoms with Gasteiger partial charge in [0.05, 0.1) is 18.0 Å². The Bertz CT molecular complexity index is 845. The van der Waals surface area contributed by atoms with Crippen LogP contribution in [0.15, 0.2) is 54.6 Å². The lowest BCUT2D eigenvalue weighted by Crippen LogP contribution is -2.15. The van der Waals surface area contributed by atoms with Crippen molar-refractivity contribution in [3.63, 3.8) is 0 Å². The second-order valence-electron chi connectivity index (χ2n) is 4.95. The summed E-state index contributed by atoms with van der Waals surface area (Å²) in [5, 5.41) is 10.6. The summed E-state index contributed by atoms with van der Waals surface area (Å²) in [6.45, 7) is 2.38. The van der Waals surface area contributed by atoms with Crippen molar-refractivity contribution in [2.24, 2.45) is 0 Å². The van der Waals surface area contributed by atoms with Gasteiger partial charge in [0, 0.05) is 0 Å². The fourth-order valence-corrected chi connectivity index (χ4v) is 2.24. The number of amides is 1. The number of hydrogen-bond donors (Lipinski definition) is 2. The Hall–Kier alpha value is -3.35. The second kappa shape index (κ2) is 6.82. The molecule has 0 aliphatic rings. The number of nitrogens with zero attached hydrogens (tertiary/aromatic N) is 3. The maximum Gasteiger partial charge on any atom is 0.280 e. The molecule has 7 nitrogen and oxygen atoms in total. The van der Waals surface area contributed by atoms with Gasteiger partial charge < -0.3 is 15.8 Å². The highest BCUT2D eigenvalue weighted by Crippen LogP contribution is 2.25. The molecule has 1 amide bonds. The van der Waals surface area contributed by atoms with E-state index in [1.54, 1.807) is 12.1 Å². The minimum Gasteiger partial charge on any atom is -0.492 e. The zero-order chi connectivity index (χ0) is 16.9. The lowest BCUT2D eigenvalue weighted by atomic mass is 10.2. The van der Waals surface area contributed by atoms with E-state index >= 15 is 0 Å². The molecule has 0 fully saturated rings. The van der Waals surface area contributed by atoms with Gasteiger partial charge in [-0.15, -0.1) is 5.10 Å². The van der Waals surface area contributed by atoms with E-state index in [-0.39, 0.29) is 11.5 Å². The molecule has 7 heteroatoms. The number of aromatic nitrogens is 3. The van der Waals surface area contributed by atoms with Gasteiger partial charge in [-0.2, -0.15) is 4.68 Å². The van der Waals surface area contributed by atoms with Gasteiger partial charge in [0.1, 0.15) is 5.75 Å². The molecule has 0 atom stereocenters. The van der Waals surface area contributed by atoms with E-state index in [1.807, 2.05) is 49.4 Å². The van der Waals surface area contributed by atoms with Crippen molar-refractivity contribution in [1.82, 2.24) is 15.0 Å². The topological polar surface area (TPSA) is 95.1 Å². The van der Waals surface area contributed by atoms with E-state index in [9.17, 15) is 4.79 Å². The molecule has 3 rings (SSSR count). The van der Waals surface area contributed by atoms with E-state index in [0.717, 1.165) is 5.69 Å². The van der Waals surface area contributed by atoms with Crippen molar-refractivity contribution in [3.8, 4) is 11.4 Å². The van der Waals surface area contributed by atoms with Gasteiger partial charge in [-0.05, 0) is 31.2 Å². The van der Waals surface area contributed by atoms with Crippen molar-refractivity contribution in [1.29, 1.82) is 0 Å². The fourth-order valence-electron chi connectivity index (χ4n) is 2.24. The maximum atomic E-state index is 12.5. The summed E-state index contributed by atoms with van der Waals surface area (Å²) in [5.41, 5.74) is 7.38. The molecular formula is C17H17N5O2. The highest BCUT2D eigenvalue weighted by molar-refractivity contribution is 6.06. The Morgan fingerprint density at radius 3 is 2.62 bits per heavy atom. The number of para-hydroxylation sites is 3. The van der Waals surface area contributed by atoms with Crippen LogP contribution in [0, 0.1) is 0 Å². The average molecular weight is 323 g/mol. The van der Waals surface area contributed by atoms with Crippen molar-refractivity contribution >= 4 is 17.4 Å². The third-order valence-electron chi connectivity index (χ3n) is 3.36. The molecule has 3 aromatic rings. The first kappa shape index (κ1) is 15.5. The molecule has 1 aromatic heterocycles. The minimum absolute atomic E-state index is 0.0603. The molecule has 0 unspecified atom stereocenters. The molecule has 24 heavy (non-hydrogen) atoms. The van der Waals surface area contributed by atoms with Crippen LogP contribution in [0.4, 0.5) is 11.5 Å². The number of nitrogen functional groups attached to an aromatic ring is 1. The smallest absolute Gasteiger partial charge is 0.280 e. The molecule has 0 aliphatic carbocycles. The monoisotopic (exact) mass is 323 g/mol. The largest absolute Gasteiger partial charge is 0.492 e. The lowest BCUT2D eigenvalue weighted by Gasteiger charge is -2.10.